The van der Waals surface area contributed by atoms with E-state index in [2.05, 4.69) is 26.3 Å². The zero-order valence-corrected chi connectivity index (χ0v) is 13.7. The van der Waals surface area contributed by atoms with Gasteiger partial charge in [-0.25, -0.2) is 0 Å². The minimum absolute atomic E-state index is 0.0412. The number of aryl methyl sites for hydroxylation is 1. The number of rotatable bonds is 4. The molecule has 0 fully saturated rings. The van der Waals surface area contributed by atoms with E-state index in [9.17, 15) is 0 Å². The number of nitrogens with zero attached hydrogens (tertiary/aromatic N) is 2. The Hall–Kier alpha value is -0.550. The van der Waals surface area contributed by atoms with Crippen LogP contribution in [-0.2, 0) is 6.54 Å². The molecule has 1 unspecified atom stereocenters. The second kappa shape index (κ2) is 6.27. The van der Waals surface area contributed by atoms with Crippen molar-refractivity contribution in [2.45, 2.75) is 19.5 Å². The molecule has 1 atom stereocenters. The summed E-state index contributed by atoms with van der Waals surface area (Å²) in [5, 5.41) is 8.87. The van der Waals surface area contributed by atoms with E-state index in [-0.39, 0.29) is 6.04 Å². The molecular weight excluding hydrogens is 349 g/mol. The van der Waals surface area contributed by atoms with Gasteiger partial charge in [0.05, 0.1) is 28.0 Å². The number of halogens is 3. The maximum absolute atomic E-state index is 6.25. The largest absolute Gasteiger partial charge is 0.308 e. The summed E-state index contributed by atoms with van der Waals surface area (Å²) in [6.45, 7) is 2.80. The molecule has 0 aliphatic rings. The Bertz CT molecular complexity index is 583. The first-order valence-electron chi connectivity index (χ1n) is 5.91. The van der Waals surface area contributed by atoms with Gasteiger partial charge in [-0.1, -0.05) is 29.3 Å². The lowest BCUT2D eigenvalue weighted by Gasteiger charge is -2.19. The van der Waals surface area contributed by atoms with Gasteiger partial charge in [-0.05, 0) is 47.6 Å². The molecule has 0 bridgehead atoms. The first-order chi connectivity index (χ1) is 9.08. The van der Waals surface area contributed by atoms with Crippen molar-refractivity contribution in [3.63, 3.8) is 0 Å². The zero-order valence-electron chi connectivity index (χ0n) is 10.6. The predicted molar refractivity (Wildman–Crippen MR) is 83.0 cm³/mol. The van der Waals surface area contributed by atoms with E-state index in [4.69, 9.17) is 23.2 Å². The van der Waals surface area contributed by atoms with Gasteiger partial charge in [0.15, 0.2) is 0 Å². The van der Waals surface area contributed by atoms with Crippen LogP contribution in [0, 0.1) is 0 Å². The summed E-state index contributed by atoms with van der Waals surface area (Å²) in [5.74, 6) is 0. The van der Waals surface area contributed by atoms with Crippen molar-refractivity contribution in [2.24, 2.45) is 0 Å². The Morgan fingerprint density at radius 3 is 2.68 bits per heavy atom. The van der Waals surface area contributed by atoms with Gasteiger partial charge < -0.3 is 5.32 Å². The van der Waals surface area contributed by atoms with Crippen LogP contribution in [0.25, 0.3) is 0 Å². The van der Waals surface area contributed by atoms with Crippen molar-refractivity contribution < 1.29 is 0 Å². The highest BCUT2D eigenvalue weighted by atomic mass is 79.9. The third-order valence-corrected chi connectivity index (χ3v) is 4.50. The maximum atomic E-state index is 6.25. The monoisotopic (exact) mass is 361 g/mol. The number of hydrogen-bond donors (Lipinski definition) is 1. The molecule has 2 rings (SSSR count). The fourth-order valence-corrected chi connectivity index (χ4v) is 2.75. The standard InChI is InChI=1S/C13H14BrCl2N3/c1-3-19-13(11(16)7-18-19)12(17-2)8-4-5-9(14)10(15)6-8/h4-7,12,17H,3H2,1-2H3. The Kier molecular flexibility index (Phi) is 4.90. The summed E-state index contributed by atoms with van der Waals surface area (Å²) in [7, 11) is 1.89. The summed E-state index contributed by atoms with van der Waals surface area (Å²) in [6.07, 6.45) is 1.67. The van der Waals surface area contributed by atoms with Crippen LogP contribution in [0.15, 0.2) is 28.9 Å². The summed E-state index contributed by atoms with van der Waals surface area (Å²) in [4.78, 5) is 0. The highest BCUT2D eigenvalue weighted by molar-refractivity contribution is 9.10. The van der Waals surface area contributed by atoms with Crippen molar-refractivity contribution in [1.82, 2.24) is 15.1 Å². The van der Waals surface area contributed by atoms with Gasteiger partial charge in [-0.15, -0.1) is 0 Å². The maximum Gasteiger partial charge on any atom is 0.0837 e. The van der Waals surface area contributed by atoms with E-state index in [1.54, 1.807) is 6.20 Å². The van der Waals surface area contributed by atoms with Gasteiger partial charge in [0.25, 0.3) is 0 Å². The number of hydrogen-bond acceptors (Lipinski definition) is 2. The lowest BCUT2D eigenvalue weighted by molar-refractivity contribution is 0.563. The second-order valence-electron chi connectivity index (χ2n) is 4.09. The van der Waals surface area contributed by atoms with Crippen LogP contribution in [0.2, 0.25) is 10.0 Å². The molecule has 0 amide bonds. The molecule has 3 nitrogen and oxygen atoms in total. The molecule has 1 N–H and O–H groups in total. The molecule has 1 aromatic heterocycles. The molecule has 102 valence electrons. The van der Waals surface area contributed by atoms with Gasteiger partial charge >= 0.3 is 0 Å². The Morgan fingerprint density at radius 2 is 2.11 bits per heavy atom. The van der Waals surface area contributed by atoms with Crippen molar-refractivity contribution in [2.75, 3.05) is 7.05 Å². The molecule has 0 spiro atoms. The highest BCUT2D eigenvalue weighted by Gasteiger charge is 2.20. The minimum Gasteiger partial charge on any atom is -0.308 e. The van der Waals surface area contributed by atoms with Crippen molar-refractivity contribution >= 4 is 39.1 Å². The van der Waals surface area contributed by atoms with Gasteiger partial charge in [-0.2, -0.15) is 5.10 Å². The van der Waals surface area contributed by atoms with Gasteiger partial charge in [-0.3, -0.25) is 4.68 Å². The third-order valence-electron chi connectivity index (χ3n) is 2.97. The van der Waals surface area contributed by atoms with E-state index in [1.807, 2.05) is 36.9 Å². The zero-order chi connectivity index (χ0) is 14.0. The lowest BCUT2D eigenvalue weighted by atomic mass is 10.0. The molecule has 0 saturated heterocycles. The topological polar surface area (TPSA) is 29.9 Å². The average Bonchev–Trinajstić information content (AvgIpc) is 2.76. The number of nitrogens with one attached hydrogen (secondary N) is 1. The van der Waals surface area contributed by atoms with Crippen LogP contribution in [0.4, 0.5) is 0 Å². The normalized spacial score (nSPS) is 12.7. The third kappa shape index (κ3) is 2.97. The molecular formula is C13H14BrCl2N3. The van der Waals surface area contributed by atoms with Crippen LogP contribution in [0.3, 0.4) is 0 Å². The Labute approximate surface area is 131 Å². The van der Waals surface area contributed by atoms with Crippen LogP contribution < -0.4 is 5.32 Å². The molecule has 0 aliphatic carbocycles. The van der Waals surface area contributed by atoms with E-state index < -0.39 is 0 Å². The highest BCUT2D eigenvalue weighted by Crippen LogP contribution is 2.31. The molecule has 0 saturated carbocycles. The van der Waals surface area contributed by atoms with Crippen LogP contribution in [0.1, 0.15) is 24.2 Å². The SMILES string of the molecule is CCn1ncc(Cl)c1C(NC)c1ccc(Br)c(Cl)c1. The number of benzene rings is 1. The van der Waals surface area contributed by atoms with E-state index in [0.717, 1.165) is 22.3 Å². The van der Waals surface area contributed by atoms with Crippen molar-refractivity contribution in [1.29, 1.82) is 0 Å². The fourth-order valence-electron chi connectivity index (χ4n) is 2.06. The second-order valence-corrected chi connectivity index (χ2v) is 5.76. The quantitative estimate of drug-likeness (QED) is 0.879. The summed E-state index contributed by atoms with van der Waals surface area (Å²) < 4.78 is 2.77. The average molecular weight is 363 g/mol. The van der Waals surface area contributed by atoms with Crippen molar-refractivity contribution in [3.8, 4) is 0 Å². The van der Waals surface area contributed by atoms with E-state index in [1.165, 1.54) is 0 Å². The van der Waals surface area contributed by atoms with Gasteiger partial charge in [0.2, 0.25) is 0 Å². The summed E-state index contributed by atoms with van der Waals surface area (Å²) in [6, 6.07) is 5.83. The molecule has 1 aromatic carbocycles. The molecule has 1 heterocycles. The van der Waals surface area contributed by atoms with Crippen LogP contribution in [0.5, 0.6) is 0 Å². The smallest absolute Gasteiger partial charge is 0.0837 e. The summed E-state index contributed by atoms with van der Waals surface area (Å²) >= 11 is 15.8. The first kappa shape index (κ1) is 14.9. The van der Waals surface area contributed by atoms with Crippen molar-refractivity contribution in [3.05, 3.63) is 50.2 Å². The molecule has 0 radical (unpaired) electrons. The van der Waals surface area contributed by atoms with E-state index >= 15 is 0 Å². The minimum atomic E-state index is -0.0412. The molecule has 6 heteroatoms. The van der Waals surface area contributed by atoms with Crippen LogP contribution >= 0.6 is 39.1 Å². The molecule has 19 heavy (non-hydrogen) atoms. The van der Waals surface area contributed by atoms with Crippen LogP contribution in [-0.4, -0.2) is 16.8 Å². The fraction of sp³-hybridized carbons (Fsp3) is 0.308. The predicted octanol–water partition coefficient (Wildman–Crippen LogP) is 4.28. The van der Waals surface area contributed by atoms with E-state index in [0.29, 0.717) is 10.0 Å². The number of aromatic nitrogens is 2. The Morgan fingerprint density at radius 1 is 1.37 bits per heavy atom. The van der Waals surface area contributed by atoms with Gasteiger partial charge in [0.1, 0.15) is 0 Å². The summed E-state index contributed by atoms with van der Waals surface area (Å²) in [5.41, 5.74) is 2.00. The van der Waals surface area contributed by atoms with Gasteiger partial charge in [0, 0.05) is 11.0 Å². The lowest BCUT2D eigenvalue weighted by Crippen LogP contribution is -2.21. The molecule has 0 aliphatic heterocycles. The molecule has 2 aromatic rings. The Balaban J connectivity index is 2.49. The first-order valence-corrected chi connectivity index (χ1v) is 7.46.